The number of alkyl halides is 1. The van der Waals surface area contributed by atoms with Gasteiger partial charge in [0.25, 0.3) is 0 Å². The molecule has 0 N–H and O–H groups in total. The van der Waals surface area contributed by atoms with Crippen molar-refractivity contribution in [2.24, 2.45) is 5.92 Å². The van der Waals surface area contributed by atoms with E-state index in [9.17, 15) is 0 Å². The Bertz CT molecular complexity index is 566. The standard InChI is InChI=1S/C14H14Br2OS/c1-8-5-6-17-13(8)12(16)10-7-18-14-9(10)3-2-4-11(14)15/h2-4,7-8,12-13H,5-6H2,1H3. The summed E-state index contributed by atoms with van der Waals surface area (Å²) in [4.78, 5) is 0.290. The molecule has 96 valence electrons. The zero-order valence-corrected chi connectivity index (χ0v) is 14.0. The van der Waals surface area contributed by atoms with Gasteiger partial charge in [-0.25, -0.2) is 0 Å². The molecule has 0 amide bonds. The van der Waals surface area contributed by atoms with Crippen molar-refractivity contribution in [2.75, 3.05) is 6.61 Å². The van der Waals surface area contributed by atoms with Crippen molar-refractivity contribution >= 4 is 53.3 Å². The van der Waals surface area contributed by atoms with Gasteiger partial charge in [-0.15, -0.1) is 11.3 Å². The van der Waals surface area contributed by atoms with E-state index in [-0.39, 0.29) is 4.83 Å². The Labute approximate surface area is 128 Å². The van der Waals surface area contributed by atoms with E-state index in [1.165, 1.54) is 26.5 Å². The zero-order chi connectivity index (χ0) is 12.7. The minimum absolute atomic E-state index is 0.290. The molecule has 2 heterocycles. The van der Waals surface area contributed by atoms with E-state index >= 15 is 0 Å². The Morgan fingerprint density at radius 2 is 2.28 bits per heavy atom. The van der Waals surface area contributed by atoms with Gasteiger partial charge in [0.2, 0.25) is 0 Å². The summed E-state index contributed by atoms with van der Waals surface area (Å²) in [6.07, 6.45) is 1.46. The van der Waals surface area contributed by atoms with Crippen molar-refractivity contribution in [1.29, 1.82) is 0 Å². The van der Waals surface area contributed by atoms with Gasteiger partial charge in [0, 0.05) is 15.8 Å². The highest BCUT2D eigenvalue weighted by atomic mass is 79.9. The first kappa shape index (κ1) is 13.1. The molecule has 1 nitrogen and oxygen atoms in total. The summed E-state index contributed by atoms with van der Waals surface area (Å²) in [6, 6.07) is 6.39. The molecule has 1 saturated heterocycles. The van der Waals surface area contributed by atoms with Crippen LogP contribution in [0.2, 0.25) is 0 Å². The summed E-state index contributed by atoms with van der Waals surface area (Å²) in [7, 11) is 0. The lowest BCUT2D eigenvalue weighted by atomic mass is 9.97. The second-order valence-electron chi connectivity index (χ2n) is 4.81. The topological polar surface area (TPSA) is 9.23 Å². The van der Waals surface area contributed by atoms with Crippen LogP contribution in [0, 0.1) is 5.92 Å². The molecular formula is C14H14Br2OS. The Morgan fingerprint density at radius 1 is 1.44 bits per heavy atom. The highest BCUT2D eigenvalue weighted by Gasteiger charge is 2.32. The van der Waals surface area contributed by atoms with E-state index in [4.69, 9.17) is 4.74 Å². The van der Waals surface area contributed by atoms with Gasteiger partial charge in [-0.3, -0.25) is 0 Å². The van der Waals surface area contributed by atoms with Gasteiger partial charge in [0.15, 0.2) is 0 Å². The molecule has 1 aromatic heterocycles. The first-order valence-corrected chi connectivity index (χ1v) is 8.68. The number of ether oxygens (including phenoxy) is 1. The quantitative estimate of drug-likeness (QED) is 0.614. The average Bonchev–Trinajstić information content (AvgIpc) is 2.95. The number of hydrogen-bond acceptors (Lipinski definition) is 2. The van der Waals surface area contributed by atoms with E-state index < -0.39 is 0 Å². The minimum atomic E-state index is 0.290. The molecule has 0 saturated carbocycles. The summed E-state index contributed by atoms with van der Waals surface area (Å²) < 4.78 is 8.38. The van der Waals surface area contributed by atoms with E-state index in [0.717, 1.165) is 6.61 Å². The lowest BCUT2D eigenvalue weighted by Gasteiger charge is -2.20. The molecule has 1 aromatic carbocycles. The molecule has 0 spiro atoms. The van der Waals surface area contributed by atoms with E-state index in [1.54, 1.807) is 11.3 Å². The van der Waals surface area contributed by atoms with Crippen LogP contribution in [-0.2, 0) is 4.74 Å². The molecular weight excluding hydrogens is 376 g/mol. The molecule has 3 rings (SSSR count). The van der Waals surface area contributed by atoms with Crippen molar-refractivity contribution in [1.82, 2.24) is 0 Å². The Kier molecular flexibility index (Phi) is 3.81. The summed E-state index contributed by atoms with van der Waals surface area (Å²) >= 11 is 9.26. The van der Waals surface area contributed by atoms with Crippen molar-refractivity contribution < 1.29 is 4.74 Å². The van der Waals surface area contributed by atoms with Crippen LogP contribution in [0.15, 0.2) is 28.1 Å². The van der Waals surface area contributed by atoms with Crippen LogP contribution < -0.4 is 0 Å². The lowest BCUT2D eigenvalue weighted by molar-refractivity contribution is 0.0938. The van der Waals surface area contributed by atoms with Crippen LogP contribution in [0.25, 0.3) is 10.1 Å². The highest BCUT2D eigenvalue weighted by molar-refractivity contribution is 9.10. The van der Waals surface area contributed by atoms with E-state index in [0.29, 0.717) is 12.0 Å². The molecule has 4 heteroatoms. The van der Waals surface area contributed by atoms with Gasteiger partial charge in [-0.2, -0.15) is 0 Å². The number of thiophene rings is 1. The fraction of sp³-hybridized carbons (Fsp3) is 0.429. The van der Waals surface area contributed by atoms with Crippen LogP contribution in [0.4, 0.5) is 0 Å². The molecule has 1 fully saturated rings. The molecule has 0 radical (unpaired) electrons. The van der Waals surface area contributed by atoms with Gasteiger partial charge < -0.3 is 4.74 Å². The number of fused-ring (bicyclic) bond motifs is 1. The van der Waals surface area contributed by atoms with Gasteiger partial charge in [-0.05, 0) is 50.7 Å². The fourth-order valence-corrected chi connectivity index (χ4v) is 5.41. The van der Waals surface area contributed by atoms with Gasteiger partial charge in [0.05, 0.1) is 10.9 Å². The molecule has 0 aliphatic carbocycles. The number of halogens is 2. The number of rotatable bonds is 2. The normalized spacial score (nSPS) is 25.7. The summed E-state index contributed by atoms with van der Waals surface area (Å²) in [6.45, 7) is 3.16. The van der Waals surface area contributed by atoms with Crippen LogP contribution in [0.5, 0.6) is 0 Å². The Morgan fingerprint density at radius 3 is 3.00 bits per heavy atom. The Balaban J connectivity index is 2.01. The van der Waals surface area contributed by atoms with Crippen LogP contribution >= 0.6 is 43.2 Å². The van der Waals surface area contributed by atoms with Gasteiger partial charge in [0.1, 0.15) is 0 Å². The molecule has 3 unspecified atom stereocenters. The maximum absolute atomic E-state index is 5.88. The molecule has 1 aliphatic rings. The lowest BCUT2D eigenvalue weighted by Crippen LogP contribution is -2.18. The third kappa shape index (κ3) is 2.17. The smallest absolute Gasteiger partial charge is 0.0767 e. The number of hydrogen-bond donors (Lipinski definition) is 0. The maximum atomic E-state index is 5.88. The zero-order valence-electron chi connectivity index (χ0n) is 10.0. The maximum Gasteiger partial charge on any atom is 0.0767 e. The second-order valence-corrected chi connectivity index (χ2v) is 7.53. The predicted molar refractivity (Wildman–Crippen MR) is 84.7 cm³/mol. The van der Waals surface area contributed by atoms with Crippen molar-refractivity contribution in [3.05, 3.63) is 33.6 Å². The third-order valence-corrected chi connectivity index (χ3v) is 6.60. The minimum Gasteiger partial charge on any atom is -0.376 e. The molecule has 0 bridgehead atoms. The van der Waals surface area contributed by atoms with E-state index in [1.807, 2.05) is 0 Å². The summed E-state index contributed by atoms with van der Waals surface area (Å²) in [5.41, 5.74) is 1.36. The fourth-order valence-electron chi connectivity index (χ4n) is 2.52. The predicted octanol–water partition coefficient (Wildman–Crippen LogP) is 5.52. The first-order valence-electron chi connectivity index (χ1n) is 6.10. The van der Waals surface area contributed by atoms with Crippen LogP contribution in [0.3, 0.4) is 0 Å². The first-order chi connectivity index (χ1) is 8.68. The largest absolute Gasteiger partial charge is 0.376 e. The molecule has 3 atom stereocenters. The van der Waals surface area contributed by atoms with Crippen LogP contribution in [-0.4, -0.2) is 12.7 Å². The number of benzene rings is 1. The summed E-state index contributed by atoms with van der Waals surface area (Å²) in [5.74, 6) is 0.622. The Hall–Kier alpha value is 0.100. The van der Waals surface area contributed by atoms with Gasteiger partial charge >= 0.3 is 0 Å². The molecule has 2 aromatic rings. The average molecular weight is 390 g/mol. The summed E-state index contributed by atoms with van der Waals surface area (Å²) in [5, 5.41) is 3.59. The second kappa shape index (κ2) is 5.23. The van der Waals surface area contributed by atoms with Crippen molar-refractivity contribution in [2.45, 2.75) is 24.3 Å². The van der Waals surface area contributed by atoms with Crippen molar-refractivity contribution in [3.8, 4) is 0 Å². The molecule has 18 heavy (non-hydrogen) atoms. The third-order valence-electron chi connectivity index (χ3n) is 3.61. The highest BCUT2D eigenvalue weighted by Crippen LogP contribution is 2.43. The van der Waals surface area contributed by atoms with Crippen LogP contribution in [0.1, 0.15) is 23.7 Å². The van der Waals surface area contributed by atoms with Crippen molar-refractivity contribution in [3.63, 3.8) is 0 Å². The SMILES string of the molecule is CC1CCOC1C(Br)c1csc2c(Br)cccc12. The van der Waals surface area contributed by atoms with Gasteiger partial charge in [-0.1, -0.05) is 35.0 Å². The van der Waals surface area contributed by atoms with E-state index in [2.05, 4.69) is 62.4 Å². The molecule has 1 aliphatic heterocycles. The monoisotopic (exact) mass is 388 g/mol.